The lowest BCUT2D eigenvalue weighted by atomic mass is 10.2. The summed E-state index contributed by atoms with van der Waals surface area (Å²) >= 11 is 1.56. The molecule has 3 rings (SSSR count). The monoisotopic (exact) mass is 329 g/mol. The van der Waals surface area contributed by atoms with Crippen molar-refractivity contribution >= 4 is 23.4 Å². The Bertz CT molecular complexity index is 745. The van der Waals surface area contributed by atoms with Gasteiger partial charge in [0.05, 0.1) is 5.25 Å². The predicted molar refractivity (Wildman–Crippen MR) is 92.4 cm³/mol. The lowest BCUT2D eigenvalue weighted by molar-refractivity contribution is -0.115. The van der Waals surface area contributed by atoms with E-state index in [1.54, 1.807) is 23.9 Å². The molecule has 1 atom stereocenters. The highest BCUT2D eigenvalue weighted by atomic mass is 32.2. The minimum absolute atomic E-state index is 0.0335. The Kier molecular flexibility index (Phi) is 4.48. The van der Waals surface area contributed by atoms with Crippen LogP contribution in [0.5, 0.6) is 11.5 Å². The zero-order chi connectivity index (χ0) is 16.4. The lowest BCUT2D eigenvalue weighted by Crippen LogP contribution is -2.22. The molecule has 5 heteroatoms. The highest BCUT2D eigenvalue weighted by Crippen LogP contribution is 2.34. The molecular formula is C18H19NO3S. The van der Waals surface area contributed by atoms with Gasteiger partial charge in [-0.25, -0.2) is 0 Å². The molecule has 23 heavy (non-hydrogen) atoms. The molecule has 2 aromatic rings. The Labute approximate surface area is 140 Å². The van der Waals surface area contributed by atoms with Crippen LogP contribution in [0.15, 0.2) is 41.3 Å². The number of fused-ring (bicyclic) bond motifs is 1. The van der Waals surface area contributed by atoms with E-state index in [2.05, 4.69) is 37.4 Å². The number of thioether (sulfide) groups is 1. The van der Waals surface area contributed by atoms with Crippen molar-refractivity contribution in [2.75, 3.05) is 12.1 Å². The molecule has 0 aromatic heterocycles. The second-order valence-electron chi connectivity index (χ2n) is 5.59. The van der Waals surface area contributed by atoms with Crippen molar-refractivity contribution in [1.29, 1.82) is 0 Å². The fourth-order valence-electron chi connectivity index (χ4n) is 2.39. The Morgan fingerprint density at radius 3 is 2.70 bits per heavy atom. The number of carbonyl (C=O) groups is 1. The summed E-state index contributed by atoms with van der Waals surface area (Å²) in [6, 6.07) is 11.7. The van der Waals surface area contributed by atoms with Crippen LogP contribution in [0.25, 0.3) is 0 Å². The van der Waals surface area contributed by atoms with Crippen LogP contribution >= 0.6 is 11.8 Å². The normalized spacial score (nSPS) is 13.7. The number of carbonyl (C=O) groups excluding carboxylic acids is 1. The molecule has 0 saturated carbocycles. The van der Waals surface area contributed by atoms with Crippen LogP contribution in [0.2, 0.25) is 0 Å². The second kappa shape index (κ2) is 6.54. The van der Waals surface area contributed by atoms with Gasteiger partial charge in [0.25, 0.3) is 0 Å². The van der Waals surface area contributed by atoms with Crippen molar-refractivity contribution in [3.63, 3.8) is 0 Å². The van der Waals surface area contributed by atoms with E-state index in [0.717, 1.165) is 4.90 Å². The Hall–Kier alpha value is -2.14. The average molecular weight is 329 g/mol. The molecule has 1 N–H and O–H groups in total. The fraction of sp³-hybridized carbons (Fsp3) is 0.278. The van der Waals surface area contributed by atoms with Crippen LogP contribution in [0.3, 0.4) is 0 Å². The van der Waals surface area contributed by atoms with Crippen LogP contribution in [-0.2, 0) is 4.79 Å². The van der Waals surface area contributed by atoms with Crippen LogP contribution in [0.4, 0.5) is 5.69 Å². The van der Waals surface area contributed by atoms with E-state index >= 15 is 0 Å². The van der Waals surface area contributed by atoms with E-state index in [1.165, 1.54) is 11.1 Å². The maximum atomic E-state index is 12.4. The van der Waals surface area contributed by atoms with Crippen LogP contribution < -0.4 is 14.8 Å². The molecule has 0 bridgehead atoms. The first kappa shape index (κ1) is 15.7. The first-order valence-corrected chi connectivity index (χ1v) is 8.35. The molecule has 1 heterocycles. The van der Waals surface area contributed by atoms with Crippen molar-refractivity contribution < 1.29 is 14.3 Å². The Morgan fingerprint density at radius 2 is 1.91 bits per heavy atom. The zero-order valence-corrected chi connectivity index (χ0v) is 14.2. The molecule has 0 fully saturated rings. The molecule has 0 radical (unpaired) electrons. The Morgan fingerprint density at radius 1 is 1.13 bits per heavy atom. The maximum Gasteiger partial charge on any atom is 0.237 e. The molecule has 1 aliphatic heterocycles. The fourth-order valence-corrected chi connectivity index (χ4v) is 3.33. The number of amides is 1. The number of hydrogen-bond acceptors (Lipinski definition) is 4. The summed E-state index contributed by atoms with van der Waals surface area (Å²) in [5, 5.41) is 2.73. The standard InChI is InChI=1S/C18H19NO3S/c1-11-4-7-17(12(2)8-11)23-13(3)18(20)19-14-5-6-15-16(9-14)22-10-21-15/h4-9,13H,10H2,1-3H3,(H,19,20)/t13-/m0/s1. The number of aryl methyl sites for hydroxylation is 2. The van der Waals surface area contributed by atoms with Gasteiger partial charge in [-0.05, 0) is 44.5 Å². The van der Waals surface area contributed by atoms with E-state index in [1.807, 2.05) is 13.0 Å². The third-order valence-corrected chi connectivity index (χ3v) is 4.92. The number of ether oxygens (including phenoxy) is 2. The van der Waals surface area contributed by atoms with E-state index in [9.17, 15) is 4.79 Å². The zero-order valence-electron chi connectivity index (χ0n) is 13.4. The quantitative estimate of drug-likeness (QED) is 0.856. The second-order valence-corrected chi connectivity index (χ2v) is 6.97. The molecule has 0 spiro atoms. The highest BCUT2D eigenvalue weighted by molar-refractivity contribution is 8.00. The van der Waals surface area contributed by atoms with Gasteiger partial charge in [0.1, 0.15) is 0 Å². The number of anilines is 1. The number of nitrogens with one attached hydrogen (secondary N) is 1. The third kappa shape index (κ3) is 3.62. The van der Waals surface area contributed by atoms with Crippen molar-refractivity contribution in [2.24, 2.45) is 0 Å². The summed E-state index contributed by atoms with van der Waals surface area (Å²) in [5.74, 6) is 1.34. The van der Waals surface area contributed by atoms with Crippen molar-refractivity contribution in [3.05, 3.63) is 47.5 Å². The Balaban J connectivity index is 1.65. The van der Waals surface area contributed by atoms with Crippen LogP contribution in [-0.4, -0.2) is 18.0 Å². The number of rotatable bonds is 4. The lowest BCUT2D eigenvalue weighted by Gasteiger charge is -2.14. The SMILES string of the molecule is Cc1ccc(S[C@@H](C)C(=O)Nc2ccc3c(c2)OCO3)c(C)c1. The van der Waals surface area contributed by atoms with E-state index < -0.39 is 0 Å². The summed E-state index contributed by atoms with van der Waals surface area (Å²) in [7, 11) is 0. The van der Waals surface area contributed by atoms with Gasteiger partial charge in [-0.15, -0.1) is 11.8 Å². The molecule has 0 unspecified atom stereocenters. The maximum absolute atomic E-state index is 12.4. The predicted octanol–water partition coefficient (Wildman–Crippen LogP) is 4.15. The molecule has 1 aliphatic rings. The molecule has 2 aromatic carbocycles. The number of hydrogen-bond donors (Lipinski definition) is 1. The van der Waals surface area contributed by atoms with Gasteiger partial charge >= 0.3 is 0 Å². The summed E-state index contributed by atoms with van der Waals surface area (Å²) in [6.45, 7) is 6.27. The van der Waals surface area contributed by atoms with Gasteiger partial charge < -0.3 is 14.8 Å². The molecule has 4 nitrogen and oxygen atoms in total. The minimum Gasteiger partial charge on any atom is -0.454 e. The molecule has 0 aliphatic carbocycles. The minimum atomic E-state index is -0.193. The molecule has 120 valence electrons. The number of benzene rings is 2. The smallest absolute Gasteiger partial charge is 0.237 e. The van der Waals surface area contributed by atoms with Crippen molar-refractivity contribution in [2.45, 2.75) is 30.9 Å². The first-order chi connectivity index (χ1) is 11.0. The van der Waals surface area contributed by atoms with Gasteiger partial charge in [0.15, 0.2) is 11.5 Å². The van der Waals surface area contributed by atoms with Gasteiger partial charge in [0.2, 0.25) is 12.7 Å². The van der Waals surface area contributed by atoms with E-state index in [-0.39, 0.29) is 18.0 Å². The van der Waals surface area contributed by atoms with Crippen molar-refractivity contribution in [3.8, 4) is 11.5 Å². The molecular weight excluding hydrogens is 310 g/mol. The van der Waals surface area contributed by atoms with Gasteiger partial charge in [-0.2, -0.15) is 0 Å². The van der Waals surface area contributed by atoms with Gasteiger partial charge in [-0.3, -0.25) is 4.79 Å². The van der Waals surface area contributed by atoms with Gasteiger partial charge in [0, 0.05) is 16.6 Å². The average Bonchev–Trinajstić information content (AvgIpc) is 2.97. The molecule has 0 saturated heterocycles. The van der Waals surface area contributed by atoms with Crippen molar-refractivity contribution in [1.82, 2.24) is 0 Å². The van der Waals surface area contributed by atoms with E-state index in [0.29, 0.717) is 17.2 Å². The third-order valence-electron chi connectivity index (χ3n) is 3.64. The van der Waals surface area contributed by atoms with Crippen LogP contribution in [0.1, 0.15) is 18.1 Å². The summed E-state index contributed by atoms with van der Waals surface area (Å²) < 4.78 is 10.6. The highest BCUT2D eigenvalue weighted by Gasteiger charge is 2.18. The molecule has 1 amide bonds. The van der Waals surface area contributed by atoms with Crippen LogP contribution in [0, 0.1) is 13.8 Å². The summed E-state index contributed by atoms with van der Waals surface area (Å²) in [5.41, 5.74) is 3.13. The summed E-state index contributed by atoms with van der Waals surface area (Å²) in [4.78, 5) is 13.5. The largest absolute Gasteiger partial charge is 0.454 e. The summed E-state index contributed by atoms with van der Waals surface area (Å²) in [6.07, 6.45) is 0. The topological polar surface area (TPSA) is 47.6 Å². The van der Waals surface area contributed by atoms with Gasteiger partial charge in [-0.1, -0.05) is 17.7 Å². The van der Waals surface area contributed by atoms with E-state index in [4.69, 9.17) is 9.47 Å². The first-order valence-electron chi connectivity index (χ1n) is 7.47.